The van der Waals surface area contributed by atoms with E-state index in [-0.39, 0.29) is 5.38 Å². The number of aromatic nitrogens is 2. The Morgan fingerprint density at radius 3 is 2.65 bits per heavy atom. The number of nitrogens with zero attached hydrogens (tertiary/aromatic N) is 2. The van der Waals surface area contributed by atoms with Gasteiger partial charge in [-0.3, -0.25) is 0 Å². The summed E-state index contributed by atoms with van der Waals surface area (Å²) in [4.78, 5) is 4.67. The van der Waals surface area contributed by atoms with Crippen molar-refractivity contribution in [2.75, 3.05) is 0 Å². The third-order valence-corrected chi connectivity index (χ3v) is 3.45. The Labute approximate surface area is 108 Å². The predicted molar refractivity (Wildman–Crippen MR) is 73.7 cm³/mol. The number of halogens is 1. The van der Waals surface area contributed by atoms with Gasteiger partial charge in [-0.2, -0.15) is 0 Å². The van der Waals surface area contributed by atoms with Gasteiger partial charge in [-0.15, -0.1) is 11.6 Å². The van der Waals surface area contributed by atoms with Crippen LogP contribution in [0.4, 0.5) is 0 Å². The molecule has 0 saturated heterocycles. The molecule has 0 aliphatic carbocycles. The molecule has 0 spiro atoms. The summed E-state index contributed by atoms with van der Waals surface area (Å²) >= 11 is 6.24. The summed E-state index contributed by atoms with van der Waals surface area (Å²) in [6.07, 6.45) is 1.08. The minimum Gasteiger partial charge on any atom is -0.324 e. The van der Waals surface area contributed by atoms with Gasteiger partial charge in [0, 0.05) is 6.04 Å². The highest BCUT2D eigenvalue weighted by Gasteiger charge is 2.17. The van der Waals surface area contributed by atoms with Crippen molar-refractivity contribution in [3.8, 4) is 0 Å². The molecule has 2 aromatic rings. The van der Waals surface area contributed by atoms with E-state index in [0.717, 1.165) is 17.8 Å². The van der Waals surface area contributed by atoms with Crippen molar-refractivity contribution in [3.63, 3.8) is 0 Å². The fourth-order valence-corrected chi connectivity index (χ4v) is 2.31. The zero-order valence-electron chi connectivity index (χ0n) is 10.9. The first-order valence-corrected chi connectivity index (χ1v) is 6.60. The molecule has 3 heteroatoms. The maximum absolute atomic E-state index is 6.24. The minimum atomic E-state index is -0.0586. The third-order valence-electron chi connectivity index (χ3n) is 3.26. The van der Waals surface area contributed by atoms with E-state index in [0.29, 0.717) is 6.04 Å². The van der Waals surface area contributed by atoms with Crippen molar-refractivity contribution >= 4 is 22.6 Å². The van der Waals surface area contributed by atoms with E-state index in [1.165, 1.54) is 11.1 Å². The molecule has 0 aliphatic heterocycles. The van der Waals surface area contributed by atoms with E-state index in [2.05, 4.69) is 48.5 Å². The Kier molecular flexibility index (Phi) is 3.43. The summed E-state index contributed by atoms with van der Waals surface area (Å²) in [7, 11) is 0. The van der Waals surface area contributed by atoms with E-state index in [1.54, 1.807) is 0 Å². The predicted octanol–water partition coefficient (Wildman–Crippen LogP) is 4.62. The first kappa shape index (κ1) is 12.4. The van der Waals surface area contributed by atoms with Gasteiger partial charge in [-0.1, -0.05) is 13.0 Å². The average molecular weight is 251 g/mol. The topological polar surface area (TPSA) is 17.8 Å². The first-order chi connectivity index (χ1) is 8.04. The smallest absolute Gasteiger partial charge is 0.127 e. The highest BCUT2D eigenvalue weighted by atomic mass is 35.5. The second kappa shape index (κ2) is 4.69. The molecule has 0 bridgehead atoms. The molecular formula is C14H19ClN2. The van der Waals surface area contributed by atoms with E-state index in [9.17, 15) is 0 Å². The molecule has 1 heterocycles. The van der Waals surface area contributed by atoms with Crippen LogP contribution in [0.5, 0.6) is 0 Å². The fourth-order valence-electron chi connectivity index (χ4n) is 2.15. The number of hydrogen-bond donors (Lipinski definition) is 0. The van der Waals surface area contributed by atoms with Crippen LogP contribution in [0.2, 0.25) is 0 Å². The number of benzene rings is 1. The van der Waals surface area contributed by atoms with Crippen LogP contribution < -0.4 is 0 Å². The molecule has 2 rings (SSSR count). The van der Waals surface area contributed by atoms with Gasteiger partial charge < -0.3 is 4.57 Å². The lowest BCUT2D eigenvalue weighted by Gasteiger charge is -2.16. The highest BCUT2D eigenvalue weighted by Crippen LogP contribution is 2.29. The quantitative estimate of drug-likeness (QED) is 0.727. The Balaban J connectivity index is 2.71. The van der Waals surface area contributed by atoms with Crippen molar-refractivity contribution < 1.29 is 0 Å². The summed E-state index contributed by atoms with van der Waals surface area (Å²) in [5.41, 5.74) is 3.47. The monoisotopic (exact) mass is 250 g/mol. The summed E-state index contributed by atoms with van der Waals surface area (Å²) in [6.45, 7) is 8.47. The fraction of sp³-hybridized carbons (Fsp3) is 0.500. The third kappa shape index (κ3) is 2.19. The van der Waals surface area contributed by atoms with Crippen LogP contribution in [-0.2, 0) is 0 Å². The number of aryl methyl sites for hydroxylation is 1. The molecule has 0 fully saturated rings. The molecule has 2 nitrogen and oxygen atoms in total. The van der Waals surface area contributed by atoms with Gasteiger partial charge in [0.15, 0.2) is 0 Å². The molecule has 1 aromatic carbocycles. The maximum Gasteiger partial charge on any atom is 0.127 e. The van der Waals surface area contributed by atoms with Crippen molar-refractivity contribution in [3.05, 3.63) is 29.6 Å². The lowest BCUT2D eigenvalue weighted by atomic mass is 10.2. The second-order valence-electron chi connectivity index (χ2n) is 4.71. The normalized spacial score (nSPS) is 15.1. The van der Waals surface area contributed by atoms with Gasteiger partial charge in [0.2, 0.25) is 0 Å². The van der Waals surface area contributed by atoms with Gasteiger partial charge in [0.25, 0.3) is 0 Å². The molecule has 0 amide bonds. The molecule has 1 aromatic heterocycles. The number of fused-ring (bicyclic) bond motifs is 1. The molecule has 17 heavy (non-hydrogen) atoms. The van der Waals surface area contributed by atoms with Crippen molar-refractivity contribution in [2.24, 2.45) is 0 Å². The van der Waals surface area contributed by atoms with Crippen LogP contribution in [-0.4, -0.2) is 9.55 Å². The van der Waals surface area contributed by atoms with Gasteiger partial charge in [0.05, 0.1) is 16.4 Å². The zero-order chi connectivity index (χ0) is 12.6. The molecule has 92 valence electrons. The van der Waals surface area contributed by atoms with Crippen molar-refractivity contribution in [2.45, 2.75) is 45.5 Å². The largest absolute Gasteiger partial charge is 0.324 e. The van der Waals surface area contributed by atoms with Crippen LogP contribution in [0.1, 0.15) is 50.0 Å². The Morgan fingerprint density at radius 2 is 2.06 bits per heavy atom. The Morgan fingerprint density at radius 1 is 1.35 bits per heavy atom. The van der Waals surface area contributed by atoms with Crippen LogP contribution in [0, 0.1) is 6.92 Å². The number of imidazole rings is 1. The minimum absolute atomic E-state index is 0.0586. The molecule has 0 radical (unpaired) electrons. The molecule has 2 atom stereocenters. The van der Waals surface area contributed by atoms with E-state index >= 15 is 0 Å². The molecule has 0 saturated carbocycles. The number of hydrogen-bond acceptors (Lipinski definition) is 1. The standard InChI is InChI=1S/C14H19ClN2/c1-5-10(3)17-13-7-6-9(2)8-12(13)16-14(17)11(4)15/h6-8,10-11H,5H2,1-4H3. The lowest BCUT2D eigenvalue weighted by Crippen LogP contribution is -2.08. The molecule has 0 aliphatic rings. The van der Waals surface area contributed by atoms with E-state index < -0.39 is 0 Å². The summed E-state index contributed by atoms with van der Waals surface area (Å²) < 4.78 is 2.27. The Bertz CT molecular complexity index is 528. The molecule has 2 unspecified atom stereocenters. The summed E-state index contributed by atoms with van der Waals surface area (Å²) in [5, 5.41) is -0.0586. The highest BCUT2D eigenvalue weighted by molar-refractivity contribution is 6.20. The van der Waals surface area contributed by atoms with E-state index in [4.69, 9.17) is 11.6 Å². The van der Waals surface area contributed by atoms with Crippen molar-refractivity contribution in [1.82, 2.24) is 9.55 Å². The van der Waals surface area contributed by atoms with E-state index in [1.807, 2.05) is 6.92 Å². The SMILES string of the molecule is CCC(C)n1c(C(C)Cl)nc2cc(C)ccc21. The van der Waals surface area contributed by atoms with Gasteiger partial charge in [-0.05, 0) is 44.9 Å². The first-order valence-electron chi connectivity index (χ1n) is 6.17. The van der Waals surface area contributed by atoms with Crippen molar-refractivity contribution in [1.29, 1.82) is 0 Å². The van der Waals surface area contributed by atoms with Gasteiger partial charge >= 0.3 is 0 Å². The zero-order valence-corrected chi connectivity index (χ0v) is 11.6. The molecular weight excluding hydrogens is 232 g/mol. The number of alkyl halides is 1. The summed E-state index contributed by atoms with van der Waals surface area (Å²) in [6, 6.07) is 6.83. The lowest BCUT2D eigenvalue weighted by molar-refractivity contribution is 0.522. The van der Waals surface area contributed by atoms with Crippen LogP contribution >= 0.6 is 11.6 Å². The van der Waals surface area contributed by atoms with Crippen LogP contribution in [0.3, 0.4) is 0 Å². The maximum atomic E-state index is 6.24. The van der Waals surface area contributed by atoms with Gasteiger partial charge in [0.1, 0.15) is 5.82 Å². The van der Waals surface area contributed by atoms with Crippen LogP contribution in [0.15, 0.2) is 18.2 Å². The average Bonchev–Trinajstić information content (AvgIpc) is 2.66. The molecule has 0 N–H and O–H groups in total. The summed E-state index contributed by atoms with van der Waals surface area (Å²) in [5.74, 6) is 0.974. The number of rotatable bonds is 3. The van der Waals surface area contributed by atoms with Gasteiger partial charge in [-0.25, -0.2) is 4.98 Å². The second-order valence-corrected chi connectivity index (χ2v) is 5.36. The van der Waals surface area contributed by atoms with Crippen LogP contribution in [0.25, 0.3) is 11.0 Å². The Hall–Kier alpha value is -1.02.